The van der Waals surface area contributed by atoms with Crippen molar-refractivity contribution in [1.29, 1.82) is 0 Å². The van der Waals surface area contributed by atoms with Crippen LogP contribution in [-0.2, 0) is 13.2 Å². The lowest BCUT2D eigenvalue weighted by Crippen LogP contribution is -1.95. The molecule has 0 bridgehead atoms. The first-order chi connectivity index (χ1) is 7.79. The number of aliphatic hydroxyl groups excluding tert-OH is 1. The highest BCUT2D eigenvalue weighted by molar-refractivity contribution is 9.10. The largest absolute Gasteiger partial charge is 0.464 e. The molecule has 1 heterocycles. The summed E-state index contributed by atoms with van der Waals surface area (Å²) in [6.45, 7) is 0.331. The maximum absolute atomic E-state index is 8.83. The Hall–Kier alpha value is -0.980. The van der Waals surface area contributed by atoms with Crippen LogP contribution in [0.5, 0.6) is 5.19 Å². The zero-order valence-electron chi connectivity index (χ0n) is 8.26. The van der Waals surface area contributed by atoms with Gasteiger partial charge in [0.1, 0.15) is 11.6 Å². The Balaban J connectivity index is 1.99. The van der Waals surface area contributed by atoms with Gasteiger partial charge < -0.3 is 9.84 Å². The van der Waals surface area contributed by atoms with Crippen molar-refractivity contribution < 1.29 is 9.84 Å². The predicted molar refractivity (Wildman–Crippen MR) is 64.3 cm³/mol. The van der Waals surface area contributed by atoms with Crippen molar-refractivity contribution in [3.63, 3.8) is 0 Å². The Kier molecular flexibility index (Phi) is 3.87. The Morgan fingerprint density at radius 3 is 2.81 bits per heavy atom. The average Bonchev–Trinajstić information content (AvgIpc) is 2.76. The molecule has 84 valence electrons. The highest BCUT2D eigenvalue weighted by Crippen LogP contribution is 2.21. The minimum atomic E-state index is -0.101. The van der Waals surface area contributed by atoms with Gasteiger partial charge in [-0.2, -0.15) is 0 Å². The second-order valence-electron chi connectivity index (χ2n) is 3.00. The van der Waals surface area contributed by atoms with Gasteiger partial charge in [-0.25, -0.2) is 0 Å². The molecule has 1 aromatic carbocycles. The molecule has 0 fully saturated rings. The van der Waals surface area contributed by atoms with Crippen LogP contribution in [0.3, 0.4) is 0 Å². The molecular formula is C10H9BrN2O2S. The van der Waals surface area contributed by atoms with E-state index in [1.165, 1.54) is 11.3 Å². The maximum atomic E-state index is 8.83. The number of halogens is 1. The Morgan fingerprint density at radius 2 is 2.12 bits per heavy atom. The minimum Gasteiger partial charge on any atom is -0.464 e. The first-order valence-corrected chi connectivity index (χ1v) is 6.20. The van der Waals surface area contributed by atoms with Crippen molar-refractivity contribution >= 4 is 27.3 Å². The smallest absolute Gasteiger partial charge is 0.294 e. The van der Waals surface area contributed by atoms with Crippen molar-refractivity contribution in [1.82, 2.24) is 10.2 Å². The molecule has 0 amide bonds. The van der Waals surface area contributed by atoms with E-state index in [2.05, 4.69) is 26.1 Å². The van der Waals surface area contributed by atoms with Crippen LogP contribution in [0.15, 0.2) is 28.7 Å². The van der Waals surface area contributed by atoms with Crippen molar-refractivity contribution in [2.45, 2.75) is 13.2 Å². The number of rotatable bonds is 4. The third kappa shape index (κ3) is 2.78. The number of hydrogen-bond donors (Lipinski definition) is 1. The zero-order valence-corrected chi connectivity index (χ0v) is 10.7. The molecule has 0 radical (unpaired) electrons. The molecule has 0 atom stereocenters. The van der Waals surface area contributed by atoms with Crippen LogP contribution in [0.2, 0.25) is 0 Å². The highest BCUT2D eigenvalue weighted by Gasteiger charge is 2.05. The molecule has 2 aromatic rings. The van der Waals surface area contributed by atoms with Gasteiger partial charge in [-0.15, -0.1) is 5.10 Å². The van der Waals surface area contributed by atoms with E-state index in [-0.39, 0.29) is 6.61 Å². The topological polar surface area (TPSA) is 55.2 Å². The first kappa shape index (κ1) is 11.5. The molecule has 0 saturated heterocycles. The second kappa shape index (κ2) is 5.38. The number of benzene rings is 1. The number of aromatic nitrogens is 2. The molecule has 1 N–H and O–H groups in total. The summed E-state index contributed by atoms with van der Waals surface area (Å²) in [6, 6.07) is 7.82. The standard InChI is InChI=1S/C10H9BrN2O2S/c11-8-4-2-1-3-7(8)6-15-10-13-12-9(5-14)16-10/h1-4,14H,5-6H2. The molecule has 0 aliphatic heterocycles. The second-order valence-corrected chi connectivity index (χ2v) is 4.88. The van der Waals surface area contributed by atoms with Crippen LogP contribution >= 0.6 is 27.3 Å². The molecule has 1 aromatic heterocycles. The fraction of sp³-hybridized carbons (Fsp3) is 0.200. The molecular weight excluding hydrogens is 292 g/mol. The van der Waals surface area contributed by atoms with Gasteiger partial charge >= 0.3 is 0 Å². The van der Waals surface area contributed by atoms with Gasteiger partial charge in [-0.05, 0) is 6.07 Å². The van der Waals surface area contributed by atoms with E-state index >= 15 is 0 Å². The molecule has 4 nitrogen and oxygen atoms in total. The van der Waals surface area contributed by atoms with Crippen LogP contribution in [0.25, 0.3) is 0 Å². The van der Waals surface area contributed by atoms with Gasteiger partial charge in [0.2, 0.25) is 0 Å². The van der Waals surface area contributed by atoms with Gasteiger partial charge in [-0.3, -0.25) is 0 Å². The number of nitrogens with zero attached hydrogens (tertiary/aromatic N) is 2. The van der Waals surface area contributed by atoms with Gasteiger partial charge in [0.15, 0.2) is 0 Å². The van der Waals surface area contributed by atoms with E-state index in [0.717, 1.165) is 10.0 Å². The fourth-order valence-corrected chi connectivity index (χ4v) is 2.06. The SMILES string of the molecule is OCc1nnc(OCc2ccccc2Br)s1. The quantitative estimate of drug-likeness (QED) is 0.942. The van der Waals surface area contributed by atoms with Crippen molar-refractivity contribution in [2.24, 2.45) is 0 Å². The fourth-order valence-electron chi connectivity index (χ4n) is 1.12. The summed E-state index contributed by atoms with van der Waals surface area (Å²) in [7, 11) is 0. The monoisotopic (exact) mass is 300 g/mol. The predicted octanol–water partition coefficient (Wildman–Crippen LogP) is 2.37. The molecule has 0 saturated carbocycles. The van der Waals surface area contributed by atoms with Crippen molar-refractivity contribution in [3.8, 4) is 5.19 Å². The van der Waals surface area contributed by atoms with Gasteiger partial charge in [0.05, 0.1) is 6.61 Å². The molecule has 2 rings (SSSR count). The third-order valence-electron chi connectivity index (χ3n) is 1.89. The third-order valence-corrected chi connectivity index (χ3v) is 3.49. The van der Waals surface area contributed by atoms with Crippen molar-refractivity contribution in [3.05, 3.63) is 39.3 Å². The lowest BCUT2D eigenvalue weighted by Gasteiger charge is -2.03. The van der Waals surface area contributed by atoms with Gasteiger partial charge in [0, 0.05) is 10.0 Å². The minimum absolute atomic E-state index is 0.101. The number of ether oxygens (including phenoxy) is 1. The van der Waals surface area contributed by atoms with Crippen LogP contribution in [0, 0.1) is 0 Å². The number of aliphatic hydroxyl groups is 1. The molecule has 0 unspecified atom stereocenters. The normalized spacial score (nSPS) is 10.4. The lowest BCUT2D eigenvalue weighted by atomic mass is 10.2. The Morgan fingerprint density at radius 1 is 1.31 bits per heavy atom. The summed E-state index contributed by atoms with van der Waals surface area (Å²) >= 11 is 4.68. The lowest BCUT2D eigenvalue weighted by molar-refractivity contribution is 0.279. The van der Waals surface area contributed by atoms with E-state index in [1.54, 1.807) is 0 Å². The van der Waals surface area contributed by atoms with Crippen LogP contribution in [0.4, 0.5) is 0 Å². The Labute approximate surface area is 105 Å². The molecule has 16 heavy (non-hydrogen) atoms. The van der Waals surface area contributed by atoms with Gasteiger partial charge in [0.25, 0.3) is 5.19 Å². The molecule has 6 heteroatoms. The van der Waals surface area contributed by atoms with E-state index in [0.29, 0.717) is 16.8 Å². The summed E-state index contributed by atoms with van der Waals surface area (Å²) < 4.78 is 6.46. The summed E-state index contributed by atoms with van der Waals surface area (Å²) in [4.78, 5) is 0. The zero-order chi connectivity index (χ0) is 11.4. The van der Waals surface area contributed by atoms with E-state index in [1.807, 2.05) is 24.3 Å². The number of hydrogen-bond acceptors (Lipinski definition) is 5. The molecule has 0 aliphatic carbocycles. The van der Waals surface area contributed by atoms with Crippen LogP contribution < -0.4 is 4.74 Å². The summed E-state index contributed by atoms with van der Waals surface area (Å²) in [5, 5.41) is 17.4. The average molecular weight is 301 g/mol. The summed E-state index contributed by atoms with van der Waals surface area (Å²) in [6.07, 6.45) is 0. The van der Waals surface area contributed by atoms with E-state index < -0.39 is 0 Å². The Bertz CT molecular complexity index is 475. The summed E-state index contributed by atoms with van der Waals surface area (Å²) in [5.41, 5.74) is 1.04. The van der Waals surface area contributed by atoms with E-state index in [9.17, 15) is 0 Å². The van der Waals surface area contributed by atoms with E-state index in [4.69, 9.17) is 9.84 Å². The van der Waals surface area contributed by atoms with Gasteiger partial charge in [-0.1, -0.05) is 50.6 Å². The maximum Gasteiger partial charge on any atom is 0.294 e. The van der Waals surface area contributed by atoms with Crippen LogP contribution in [0.1, 0.15) is 10.6 Å². The highest BCUT2D eigenvalue weighted by atomic mass is 79.9. The van der Waals surface area contributed by atoms with Crippen molar-refractivity contribution in [2.75, 3.05) is 0 Å². The van der Waals surface area contributed by atoms with Crippen LogP contribution in [-0.4, -0.2) is 15.3 Å². The molecule has 0 aliphatic rings. The molecule has 0 spiro atoms. The summed E-state index contributed by atoms with van der Waals surface area (Å²) in [5.74, 6) is 0. The first-order valence-electron chi connectivity index (χ1n) is 4.59.